The van der Waals surface area contributed by atoms with E-state index in [1.165, 1.54) is 12.3 Å². The fraction of sp³-hybridized carbons (Fsp3) is 0.581. The van der Waals surface area contributed by atoms with Gasteiger partial charge in [-0.05, 0) is 78.9 Å². The predicted octanol–water partition coefficient (Wildman–Crippen LogP) is 5.78. The van der Waals surface area contributed by atoms with E-state index in [1.807, 2.05) is 65.8 Å². The molecule has 2 saturated heterocycles. The first-order chi connectivity index (χ1) is 19.1. The van der Waals surface area contributed by atoms with E-state index in [1.54, 1.807) is 9.80 Å². The molecule has 6 atom stereocenters. The van der Waals surface area contributed by atoms with E-state index in [0.717, 1.165) is 19.0 Å². The van der Waals surface area contributed by atoms with E-state index in [0.29, 0.717) is 18.4 Å². The van der Waals surface area contributed by atoms with Crippen molar-refractivity contribution >= 4 is 12.2 Å². The van der Waals surface area contributed by atoms with Gasteiger partial charge in [0.1, 0.15) is 17.0 Å². The molecule has 0 spiro atoms. The number of nitriles is 2. The number of rotatable bonds is 1. The van der Waals surface area contributed by atoms with Gasteiger partial charge in [0.15, 0.2) is 0 Å². The molecule has 0 saturated carbocycles. The van der Waals surface area contributed by atoms with E-state index in [-0.39, 0.29) is 42.3 Å². The molecule has 2 fully saturated rings. The average Bonchev–Trinajstić information content (AvgIpc) is 3.31. The van der Waals surface area contributed by atoms with Gasteiger partial charge in [0.2, 0.25) is 0 Å². The Balaban J connectivity index is 0.000000201. The molecule has 9 nitrogen and oxygen atoms in total. The van der Waals surface area contributed by atoms with Gasteiger partial charge >= 0.3 is 12.2 Å². The fourth-order valence-electron chi connectivity index (χ4n) is 5.91. The Morgan fingerprint density at radius 3 is 1.76 bits per heavy atom. The molecule has 0 aromatic carbocycles. The van der Waals surface area contributed by atoms with Crippen molar-refractivity contribution in [3.8, 4) is 12.1 Å². The van der Waals surface area contributed by atoms with Gasteiger partial charge in [-0.3, -0.25) is 14.8 Å². The fourth-order valence-corrected chi connectivity index (χ4v) is 5.91. The number of hydrogen-bond donors (Lipinski definition) is 0. The van der Waals surface area contributed by atoms with Crippen molar-refractivity contribution in [2.24, 2.45) is 5.92 Å². The van der Waals surface area contributed by atoms with Crippen molar-refractivity contribution < 1.29 is 23.5 Å². The molecule has 0 N–H and O–H groups in total. The van der Waals surface area contributed by atoms with Gasteiger partial charge in [-0.2, -0.15) is 10.5 Å². The number of piperidine rings is 2. The van der Waals surface area contributed by atoms with Crippen LogP contribution in [0, 0.1) is 34.4 Å². The maximum absolute atomic E-state index is 13.6. The molecule has 5 heterocycles. The van der Waals surface area contributed by atoms with Gasteiger partial charge in [0.05, 0.1) is 53.8 Å². The van der Waals surface area contributed by atoms with Crippen molar-refractivity contribution in [1.29, 1.82) is 10.5 Å². The Morgan fingerprint density at radius 1 is 0.878 bits per heavy atom. The third kappa shape index (κ3) is 6.70. The van der Waals surface area contributed by atoms with Gasteiger partial charge < -0.3 is 9.47 Å². The number of pyridine rings is 1. The van der Waals surface area contributed by atoms with Gasteiger partial charge in [-0.25, -0.2) is 14.0 Å². The molecule has 4 aliphatic heterocycles. The highest BCUT2D eigenvalue weighted by Crippen LogP contribution is 2.44. The molecule has 41 heavy (non-hydrogen) atoms. The minimum absolute atomic E-state index is 0.0354. The Labute approximate surface area is 241 Å². The van der Waals surface area contributed by atoms with E-state index < -0.39 is 22.4 Å². The van der Waals surface area contributed by atoms with Crippen LogP contribution in [0.25, 0.3) is 0 Å². The smallest absolute Gasteiger partial charge is 0.411 e. The zero-order chi connectivity index (χ0) is 30.2. The van der Waals surface area contributed by atoms with Crippen molar-refractivity contribution in [1.82, 2.24) is 14.8 Å². The largest absolute Gasteiger partial charge is 0.444 e. The third-order valence-corrected chi connectivity index (χ3v) is 7.57. The summed E-state index contributed by atoms with van der Waals surface area (Å²) in [5.74, 6) is -0.407. The Morgan fingerprint density at radius 2 is 1.34 bits per heavy atom. The van der Waals surface area contributed by atoms with Crippen molar-refractivity contribution in [3.05, 3.63) is 54.1 Å². The lowest BCUT2D eigenvalue weighted by Crippen LogP contribution is -2.53. The summed E-state index contributed by atoms with van der Waals surface area (Å²) in [6.45, 7) is 11.1. The lowest BCUT2D eigenvalue weighted by atomic mass is 9.71. The number of carbonyl (C=O) groups is 2. The summed E-state index contributed by atoms with van der Waals surface area (Å²) in [5, 5.41) is 18.8. The maximum Gasteiger partial charge on any atom is 0.411 e. The van der Waals surface area contributed by atoms with E-state index in [2.05, 4.69) is 17.1 Å². The van der Waals surface area contributed by atoms with Crippen LogP contribution in [0.4, 0.5) is 14.0 Å². The van der Waals surface area contributed by atoms with E-state index >= 15 is 0 Å². The number of fused-ring (bicyclic) bond motifs is 4. The maximum atomic E-state index is 13.6. The molecule has 218 valence electrons. The summed E-state index contributed by atoms with van der Waals surface area (Å²) in [5.41, 5.74) is -1.34. The van der Waals surface area contributed by atoms with Gasteiger partial charge in [0, 0.05) is 6.20 Å². The molecule has 2 unspecified atom stereocenters. The summed E-state index contributed by atoms with van der Waals surface area (Å²) < 4.78 is 24.4. The number of aromatic nitrogens is 1. The highest BCUT2D eigenvalue weighted by Gasteiger charge is 2.50. The minimum Gasteiger partial charge on any atom is -0.444 e. The average molecular weight is 564 g/mol. The monoisotopic (exact) mass is 563 g/mol. The number of halogens is 1. The summed E-state index contributed by atoms with van der Waals surface area (Å²) in [7, 11) is 0. The van der Waals surface area contributed by atoms with E-state index in [4.69, 9.17) is 14.7 Å². The van der Waals surface area contributed by atoms with Crippen LogP contribution in [0.1, 0.15) is 72.8 Å². The molecule has 1 aromatic rings. The lowest BCUT2D eigenvalue weighted by molar-refractivity contribution is 0.00516. The molecule has 0 aliphatic carbocycles. The van der Waals surface area contributed by atoms with Crippen LogP contribution < -0.4 is 0 Å². The molecular weight excluding hydrogens is 525 g/mol. The molecule has 4 bridgehead atoms. The van der Waals surface area contributed by atoms with Crippen LogP contribution >= 0.6 is 0 Å². The van der Waals surface area contributed by atoms with Crippen LogP contribution in [-0.2, 0) is 14.9 Å². The summed E-state index contributed by atoms with van der Waals surface area (Å²) in [6.07, 6.45) is 12.2. The van der Waals surface area contributed by atoms with Crippen LogP contribution in [0.2, 0.25) is 0 Å². The molecule has 4 aliphatic rings. The zero-order valence-corrected chi connectivity index (χ0v) is 24.5. The Hall–Kier alpha value is -3.92. The molecule has 1 aromatic heterocycles. The van der Waals surface area contributed by atoms with Crippen molar-refractivity contribution in [2.75, 3.05) is 0 Å². The molecule has 0 radical (unpaired) electrons. The molecule has 2 amide bonds. The van der Waals surface area contributed by atoms with Crippen molar-refractivity contribution in [3.63, 3.8) is 0 Å². The second kappa shape index (κ2) is 11.2. The number of amides is 2. The number of hydrogen-bond acceptors (Lipinski definition) is 7. The summed E-state index contributed by atoms with van der Waals surface area (Å²) in [6, 6.07) is 5.60. The number of ether oxygens (including phenoxy) is 2. The highest BCUT2D eigenvalue weighted by molar-refractivity contribution is 5.71. The second-order valence-electron chi connectivity index (χ2n) is 13.1. The minimum atomic E-state index is -0.855. The van der Waals surface area contributed by atoms with Crippen LogP contribution in [0.3, 0.4) is 0 Å². The van der Waals surface area contributed by atoms with Crippen LogP contribution in [0.5, 0.6) is 0 Å². The molecular formula is C31H38FN5O4. The van der Waals surface area contributed by atoms with Gasteiger partial charge in [0.25, 0.3) is 0 Å². The Kier molecular flexibility index (Phi) is 8.18. The lowest BCUT2D eigenvalue weighted by Gasteiger charge is -2.43. The summed E-state index contributed by atoms with van der Waals surface area (Å²) >= 11 is 0. The normalized spacial score (nSPS) is 29.6. The predicted molar refractivity (Wildman–Crippen MR) is 149 cm³/mol. The first-order valence-corrected chi connectivity index (χ1v) is 14.0. The van der Waals surface area contributed by atoms with Gasteiger partial charge in [-0.15, -0.1) is 0 Å². The summed E-state index contributed by atoms with van der Waals surface area (Å²) in [4.78, 5) is 31.8. The van der Waals surface area contributed by atoms with Gasteiger partial charge in [-0.1, -0.05) is 24.3 Å². The first-order valence-electron chi connectivity index (χ1n) is 14.0. The number of carbonyl (C=O) groups excluding carboxylic acids is 2. The Bertz CT molecular complexity index is 1280. The van der Waals surface area contributed by atoms with Crippen molar-refractivity contribution in [2.45, 2.75) is 108 Å². The SMILES string of the molecule is CC(C)(C)OC(=O)N1[C@@H]2C=C[C@H]1CC(C#N)(c1cncc(F)c1)C2.CC(C)(C)OC(=O)N1[C@@H]2C=C[C@H]1CC(C#N)C2. The highest BCUT2D eigenvalue weighted by atomic mass is 19.1. The second-order valence-corrected chi connectivity index (χ2v) is 13.1. The van der Waals surface area contributed by atoms with Crippen LogP contribution in [0.15, 0.2) is 42.8 Å². The zero-order valence-electron chi connectivity index (χ0n) is 24.5. The topological polar surface area (TPSA) is 120 Å². The molecule has 10 heteroatoms. The van der Waals surface area contributed by atoms with E-state index in [9.17, 15) is 19.2 Å². The molecule has 5 rings (SSSR count). The standard InChI is InChI=1S/C18H20FN3O2.C13H18N2O2/c1-17(2,3)24-16(23)22-14-4-5-15(22)8-18(7-14,11-20)12-6-13(19)10-21-9-12;1-13(2,3)17-12(16)15-10-4-5-11(15)7-9(6-10)8-14/h4-6,9-10,14-15H,7-8H2,1-3H3;4-5,9-11H,6-7H2,1-3H3/t14-,15+,18?;9?,10-,11+. The third-order valence-electron chi connectivity index (χ3n) is 7.57. The van der Waals surface area contributed by atoms with Crippen LogP contribution in [-0.4, -0.2) is 62.3 Å². The number of nitrogens with zero attached hydrogens (tertiary/aromatic N) is 5. The quantitative estimate of drug-likeness (QED) is 0.397. The first kappa shape index (κ1) is 30.0.